The summed E-state index contributed by atoms with van der Waals surface area (Å²) in [6.45, 7) is 6.27. The van der Waals surface area contributed by atoms with Gasteiger partial charge in [0.15, 0.2) is 0 Å². The van der Waals surface area contributed by atoms with Crippen LogP contribution < -0.4 is 5.48 Å². The number of fused-ring (bicyclic) bond motifs is 1. The van der Waals surface area contributed by atoms with Crippen molar-refractivity contribution in [2.75, 3.05) is 6.54 Å². The van der Waals surface area contributed by atoms with Crippen molar-refractivity contribution in [1.29, 1.82) is 0 Å². The average Bonchev–Trinajstić information content (AvgIpc) is 3.13. The fourth-order valence-electron chi connectivity index (χ4n) is 4.07. The lowest BCUT2D eigenvalue weighted by Gasteiger charge is -2.30. The third-order valence-corrected chi connectivity index (χ3v) is 5.21. The summed E-state index contributed by atoms with van der Waals surface area (Å²) in [5.74, 6) is 0.237. The molecule has 2 aliphatic rings. The van der Waals surface area contributed by atoms with Crippen molar-refractivity contribution in [3.63, 3.8) is 0 Å². The molecule has 0 saturated heterocycles. The minimum Gasteiger partial charge on any atom is -0.348 e. The summed E-state index contributed by atoms with van der Waals surface area (Å²) < 4.78 is 2.04. The Hall–Kier alpha value is -1.82. The lowest BCUT2D eigenvalue weighted by atomic mass is 9.92. The summed E-state index contributed by atoms with van der Waals surface area (Å²) in [5.41, 5.74) is 2.98. The van der Waals surface area contributed by atoms with Crippen LogP contribution in [0.1, 0.15) is 62.0 Å². The zero-order valence-electron chi connectivity index (χ0n) is 14.5. The van der Waals surface area contributed by atoms with Crippen LogP contribution in [0.4, 0.5) is 0 Å². The monoisotopic (exact) mass is 333 g/mol. The highest BCUT2D eigenvalue weighted by molar-refractivity contribution is 5.93. The zero-order valence-corrected chi connectivity index (χ0v) is 14.5. The molecule has 3 rings (SSSR count). The predicted molar refractivity (Wildman–Crippen MR) is 89.5 cm³/mol. The SMILES string of the molecule is CC1(C)CN(C(=O)CC2CCCC2)Cc2cc(C(=O)NO)cn2C1. The standard InChI is InChI=1S/C18H27N3O3/c1-18(2)11-20-9-14(17(23)19-24)8-15(20)10-21(12-18)16(22)7-13-5-3-4-6-13/h8-9,13,24H,3-7,10-12H2,1-2H3,(H,19,23). The molecule has 1 aromatic heterocycles. The topological polar surface area (TPSA) is 74.6 Å². The normalized spacial score (nSPS) is 20.5. The number of aromatic nitrogens is 1. The molecule has 132 valence electrons. The predicted octanol–water partition coefficient (Wildman–Crippen LogP) is 2.56. The van der Waals surface area contributed by atoms with Gasteiger partial charge in [-0.05, 0) is 24.8 Å². The summed E-state index contributed by atoms with van der Waals surface area (Å²) in [7, 11) is 0. The first-order valence-corrected chi connectivity index (χ1v) is 8.79. The van der Waals surface area contributed by atoms with Crippen LogP contribution in [0.5, 0.6) is 0 Å². The van der Waals surface area contributed by atoms with Gasteiger partial charge in [0.1, 0.15) is 0 Å². The number of nitrogens with zero attached hydrogens (tertiary/aromatic N) is 2. The van der Waals surface area contributed by atoms with E-state index < -0.39 is 5.91 Å². The molecule has 1 aliphatic heterocycles. The molecule has 6 nitrogen and oxygen atoms in total. The molecule has 24 heavy (non-hydrogen) atoms. The highest BCUT2D eigenvalue weighted by atomic mass is 16.5. The van der Waals surface area contributed by atoms with Gasteiger partial charge in [0.25, 0.3) is 5.91 Å². The molecule has 1 saturated carbocycles. The Balaban J connectivity index is 1.80. The maximum Gasteiger partial charge on any atom is 0.276 e. The second-order valence-electron chi connectivity index (χ2n) is 8.06. The minimum atomic E-state index is -0.516. The smallest absolute Gasteiger partial charge is 0.276 e. The molecular formula is C18H27N3O3. The second-order valence-corrected chi connectivity index (χ2v) is 8.06. The molecule has 1 fully saturated rings. The van der Waals surface area contributed by atoms with Gasteiger partial charge in [-0.2, -0.15) is 0 Å². The molecule has 2 amide bonds. The van der Waals surface area contributed by atoms with Gasteiger partial charge in [-0.1, -0.05) is 26.7 Å². The van der Waals surface area contributed by atoms with E-state index >= 15 is 0 Å². The first-order chi connectivity index (χ1) is 11.4. The molecule has 0 spiro atoms. The maximum absolute atomic E-state index is 12.8. The third-order valence-electron chi connectivity index (χ3n) is 5.21. The fourth-order valence-corrected chi connectivity index (χ4v) is 4.07. The van der Waals surface area contributed by atoms with Crippen molar-refractivity contribution >= 4 is 11.8 Å². The lowest BCUT2D eigenvalue weighted by molar-refractivity contribution is -0.134. The molecule has 0 atom stereocenters. The van der Waals surface area contributed by atoms with Gasteiger partial charge in [0, 0.05) is 36.8 Å². The molecule has 0 radical (unpaired) electrons. The van der Waals surface area contributed by atoms with E-state index in [1.807, 2.05) is 9.47 Å². The molecule has 2 heterocycles. The Morgan fingerprint density at radius 1 is 1.29 bits per heavy atom. The first-order valence-electron chi connectivity index (χ1n) is 8.79. The third kappa shape index (κ3) is 3.64. The van der Waals surface area contributed by atoms with Crippen molar-refractivity contribution in [1.82, 2.24) is 14.9 Å². The number of hydrogen-bond donors (Lipinski definition) is 2. The molecule has 1 aliphatic carbocycles. The number of hydroxylamine groups is 1. The van der Waals surface area contributed by atoms with Crippen molar-refractivity contribution in [3.05, 3.63) is 23.5 Å². The van der Waals surface area contributed by atoms with E-state index in [1.165, 1.54) is 25.7 Å². The molecule has 2 N–H and O–H groups in total. The van der Waals surface area contributed by atoms with Gasteiger partial charge in [0.2, 0.25) is 5.91 Å². The highest BCUT2D eigenvalue weighted by Crippen LogP contribution is 2.31. The van der Waals surface area contributed by atoms with Crippen molar-refractivity contribution in [3.8, 4) is 0 Å². The van der Waals surface area contributed by atoms with Gasteiger partial charge >= 0.3 is 0 Å². The number of nitrogens with one attached hydrogen (secondary N) is 1. The van der Waals surface area contributed by atoms with E-state index in [-0.39, 0.29) is 11.3 Å². The highest BCUT2D eigenvalue weighted by Gasteiger charge is 2.32. The summed E-state index contributed by atoms with van der Waals surface area (Å²) in [6.07, 6.45) is 7.21. The van der Waals surface area contributed by atoms with E-state index in [4.69, 9.17) is 5.21 Å². The minimum absolute atomic E-state index is 0.0669. The Kier molecular flexibility index (Phi) is 4.67. The summed E-state index contributed by atoms with van der Waals surface area (Å²) >= 11 is 0. The van der Waals surface area contributed by atoms with Crippen molar-refractivity contribution < 1.29 is 14.8 Å². The first kappa shape index (κ1) is 17.0. The Morgan fingerprint density at radius 2 is 2.00 bits per heavy atom. The van der Waals surface area contributed by atoms with Gasteiger partial charge in [-0.3, -0.25) is 14.8 Å². The van der Waals surface area contributed by atoms with Gasteiger partial charge in [-0.15, -0.1) is 0 Å². The van der Waals surface area contributed by atoms with Crippen LogP contribution in [-0.4, -0.2) is 33.0 Å². The van der Waals surface area contributed by atoms with E-state index in [0.717, 1.165) is 18.8 Å². The Labute approximate surface area is 142 Å². The molecule has 1 aromatic rings. The maximum atomic E-state index is 12.8. The fraction of sp³-hybridized carbons (Fsp3) is 0.667. The zero-order chi connectivity index (χ0) is 17.3. The molecule has 0 bridgehead atoms. The number of hydrogen-bond acceptors (Lipinski definition) is 3. The molecule has 0 aromatic carbocycles. The molecule has 0 unspecified atom stereocenters. The van der Waals surface area contributed by atoms with E-state index in [1.54, 1.807) is 17.7 Å². The van der Waals surface area contributed by atoms with Gasteiger partial charge in [-0.25, -0.2) is 5.48 Å². The van der Waals surface area contributed by atoms with E-state index in [0.29, 0.717) is 24.4 Å². The molecule has 6 heteroatoms. The summed E-state index contributed by atoms with van der Waals surface area (Å²) in [4.78, 5) is 26.4. The van der Waals surface area contributed by atoms with E-state index in [2.05, 4.69) is 13.8 Å². The Bertz CT molecular complexity index is 629. The largest absolute Gasteiger partial charge is 0.348 e. The van der Waals surface area contributed by atoms with Crippen LogP contribution in [0, 0.1) is 11.3 Å². The van der Waals surface area contributed by atoms with E-state index in [9.17, 15) is 9.59 Å². The van der Waals surface area contributed by atoms with Gasteiger partial charge < -0.3 is 9.47 Å². The summed E-state index contributed by atoms with van der Waals surface area (Å²) in [5, 5.41) is 8.83. The Morgan fingerprint density at radius 3 is 2.67 bits per heavy atom. The number of carbonyl (C=O) groups is 2. The van der Waals surface area contributed by atoms with Crippen LogP contribution in [-0.2, 0) is 17.9 Å². The van der Waals surface area contributed by atoms with Crippen molar-refractivity contribution in [2.24, 2.45) is 11.3 Å². The van der Waals surface area contributed by atoms with Crippen LogP contribution >= 0.6 is 0 Å². The number of carbonyl (C=O) groups excluding carboxylic acids is 2. The lowest BCUT2D eigenvalue weighted by Crippen LogP contribution is -2.38. The number of rotatable bonds is 3. The summed E-state index contributed by atoms with van der Waals surface area (Å²) in [6, 6.07) is 1.77. The van der Waals surface area contributed by atoms with Crippen LogP contribution in [0.15, 0.2) is 12.3 Å². The number of amides is 2. The van der Waals surface area contributed by atoms with Crippen LogP contribution in [0.2, 0.25) is 0 Å². The molecular weight excluding hydrogens is 306 g/mol. The quantitative estimate of drug-likeness (QED) is 0.659. The average molecular weight is 333 g/mol. The van der Waals surface area contributed by atoms with Gasteiger partial charge in [0.05, 0.1) is 12.1 Å². The van der Waals surface area contributed by atoms with Crippen molar-refractivity contribution in [2.45, 2.75) is 59.0 Å². The van der Waals surface area contributed by atoms with Crippen LogP contribution in [0.3, 0.4) is 0 Å². The second kappa shape index (κ2) is 6.59. The van der Waals surface area contributed by atoms with Crippen LogP contribution in [0.25, 0.3) is 0 Å².